The van der Waals surface area contributed by atoms with E-state index in [9.17, 15) is 4.79 Å². The Bertz CT molecular complexity index is 605. The molecule has 0 aliphatic carbocycles. The summed E-state index contributed by atoms with van der Waals surface area (Å²) in [5.74, 6) is 0.666. The van der Waals surface area contributed by atoms with Gasteiger partial charge >= 0.3 is 0 Å². The van der Waals surface area contributed by atoms with Crippen LogP contribution in [0, 0.1) is 13.8 Å². The molecular weight excluding hydrogens is 260 g/mol. The molecule has 0 saturated heterocycles. The normalized spacial score (nSPS) is 10.3. The second-order valence-electron chi connectivity index (χ2n) is 4.44. The summed E-state index contributed by atoms with van der Waals surface area (Å²) in [5, 5.41) is 0.662. The fraction of sp³-hybridized carbons (Fsp3) is 0.188. The summed E-state index contributed by atoms with van der Waals surface area (Å²) < 4.78 is 5.55. The van der Waals surface area contributed by atoms with Gasteiger partial charge in [0.2, 0.25) is 0 Å². The Balaban J connectivity index is 2.07. The number of hydrogen-bond donors (Lipinski definition) is 0. The third kappa shape index (κ3) is 3.36. The lowest BCUT2D eigenvalue weighted by Crippen LogP contribution is -2.13. The SMILES string of the molecule is Cc1cc(Cl)ccc1OCC(=O)c1ccccc1C. The Morgan fingerprint density at radius 1 is 1.11 bits per heavy atom. The zero-order chi connectivity index (χ0) is 13.8. The zero-order valence-electron chi connectivity index (χ0n) is 10.9. The molecule has 0 spiro atoms. The zero-order valence-corrected chi connectivity index (χ0v) is 11.7. The highest BCUT2D eigenvalue weighted by atomic mass is 35.5. The topological polar surface area (TPSA) is 26.3 Å². The first-order chi connectivity index (χ1) is 9.08. The van der Waals surface area contributed by atoms with Crippen molar-refractivity contribution in [1.29, 1.82) is 0 Å². The lowest BCUT2D eigenvalue weighted by molar-refractivity contribution is 0.0920. The maximum absolute atomic E-state index is 12.1. The molecule has 19 heavy (non-hydrogen) atoms. The van der Waals surface area contributed by atoms with Gasteiger partial charge in [0.1, 0.15) is 5.75 Å². The third-order valence-corrected chi connectivity index (χ3v) is 3.18. The van der Waals surface area contributed by atoms with Crippen LogP contribution in [-0.2, 0) is 0 Å². The first-order valence-electron chi connectivity index (χ1n) is 6.05. The lowest BCUT2D eigenvalue weighted by atomic mass is 10.1. The molecule has 2 nitrogen and oxygen atoms in total. The van der Waals surface area contributed by atoms with Crippen molar-refractivity contribution in [1.82, 2.24) is 0 Å². The summed E-state index contributed by atoms with van der Waals surface area (Å²) in [4.78, 5) is 12.1. The summed E-state index contributed by atoms with van der Waals surface area (Å²) >= 11 is 5.87. The average Bonchev–Trinajstić information content (AvgIpc) is 2.38. The van der Waals surface area contributed by atoms with E-state index >= 15 is 0 Å². The van der Waals surface area contributed by atoms with E-state index in [4.69, 9.17) is 16.3 Å². The molecule has 0 saturated carbocycles. The van der Waals surface area contributed by atoms with E-state index in [2.05, 4.69) is 0 Å². The maximum Gasteiger partial charge on any atom is 0.200 e. The summed E-state index contributed by atoms with van der Waals surface area (Å²) in [6.07, 6.45) is 0. The number of benzene rings is 2. The largest absolute Gasteiger partial charge is 0.485 e. The van der Waals surface area contributed by atoms with Gasteiger partial charge in [0.05, 0.1) is 0 Å². The molecular formula is C16H15ClO2. The maximum atomic E-state index is 12.1. The Morgan fingerprint density at radius 2 is 1.84 bits per heavy atom. The van der Waals surface area contributed by atoms with Gasteiger partial charge in [-0.3, -0.25) is 4.79 Å². The Hall–Kier alpha value is -1.80. The molecule has 0 heterocycles. The summed E-state index contributed by atoms with van der Waals surface area (Å²) in [5.41, 5.74) is 2.59. The van der Waals surface area contributed by atoms with E-state index < -0.39 is 0 Å². The summed E-state index contributed by atoms with van der Waals surface area (Å²) in [6.45, 7) is 3.85. The average molecular weight is 275 g/mol. The monoisotopic (exact) mass is 274 g/mol. The van der Waals surface area contributed by atoms with Gasteiger partial charge in [-0.1, -0.05) is 35.9 Å². The van der Waals surface area contributed by atoms with Crippen molar-refractivity contribution in [2.75, 3.05) is 6.61 Å². The molecule has 0 atom stereocenters. The number of rotatable bonds is 4. The van der Waals surface area contributed by atoms with Crippen molar-refractivity contribution in [3.63, 3.8) is 0 Å². The van der Waals surface area contributed by atoms with E-state index in [0.29, 0.717) is 16.3 Å². The fourth-order valence-corrected chi connectivity index (χ4v) is 2.11. The van der Waals surface area contributed by atoms with E-state index in [-0.39, 0.29) is 12.4 Å². The number of ether oxygens (including phenoxy) is 1. The summed E-state index contributed by atoms with van der Waals surface area (Å²) in [7, 11) is 0. The van der Waals surface area contributed by atoms with E-state index in [1.165, 1.54) is 0 Å². The molecule has 0 aliphatic heterocycles. The van der Waals surface area contributed by atoms with Crippen molar-refractivity contribution >= 4 is 17.4 Å². The van der Waals surface area contributed by atoms with E-state index in [1.54, 1.807) is 12.1 Å². The van der Waals surface area contributed by atoms with Gasteiger partial charge in [0.25, 0.3) is 0 Å². The minimum atomic E-state index is -0.0209. The molecule has 0 fully saturated rings. The van der Waals surface area contributed by atoms with Crippen molar-refractivity contribution in [3.8, 4) is 5.75 Å². The number of hydrogen-bond acceptors (Lipinski definition) is 2. The van der Waals surface area contributed by atoms with Crippen LogP contribution in [0.3, 0.4) is 0 Å². The van der Waals surface area contributed by atoms with Gasteiger partial charge < -0.3 is 4.74 Å². The predicted octanol–water partition coefficient (Wildman–Crippen LogP) is 4.22. The van der Waals surface area contributed by atoms with E-state index in [1.807, 2.05) is 44.2 Å². The molecule has 0 unspecified atom stereocenters. The molecule has 0 bridgehead atoms. The first kappa shape index (κ1) is 13.6. The molecule has 0 radical (unpaired) electrons. The van der Waals surface area contributed by atoms with Crippen LogP contribution in [0.15, 0.2) is 42.5 Å². The van der Waals surface area contributed by atoms with Gasteiger partial charge in [-0.25, -0.2) is 0 Å². The smallest absolute Gasteiger partial charge is 0.200 e. The van der Waals surface area contributed by atoms with Crippen LogP contribution in [-0.4, -0.2) is 12.4 Å². The number of Topliss-reactive ketones (excluding diaryl/α,β-unsaturated/α-hetero) is 1. The predicted molar refractivity (Wildman–Crippen MR) is 77.2 cm³/mol. The van der Waals surface area contributed by atoms with Crippen molar-refractivity contribution in [2.24, 2.45) is 0 Å². The number of halogens is 1. The first-order valence-corrected chi connectivity index (χ1v) is 6.43. The quantitative estimate of drug-likeness (QED) is 0.781. The number of aryl methyl sites for hydroxylation is 2. The van der Waals surface area contributed by atoms with Crippen LogP contribution < -0.4 is 4.74 Å². The molecule has 2 rings (SSSR count). The molecule has 2 aromatic rings. The second kappa shape index (κ2) is 5.89. The fourth-order valence-electron chi connectivity index (χ4n) is 1.88. The lowest BCUT2D eigenvalue weighted by Gasteiger charge is -2.09. The van der Waals surface area contributed by atoms with Crippen molar-refractivity contribution in [3.05, 3.63) is 64.2 Å². The summed E-state index contributed by atoms with van der Waals surface area (Å²) in [6, 6.07) is 12.8. The molecule has 0 N–H and O–H groups in total. The highest BCUT2D eigenvalue weighted by Gasteiger charge is 2.10. The number of ketones is 1. The minimum absolute atomic E-state index is 0.0209. The van der Waals surface area contributed by atoms with E-state index in [0.717, 1.165) is 11.1 Å². The van der Waals surface area contributed by atoms with Gasteiger partial charge in [-0.2, -0.15) is 0 Å². The Morgan fingerprint density at radius 3 is 2.53 bits per heavy atom. The molecule has 3 heteroatoms. The molecule has 98 valence electrons. The van der Waals surface area contributed by atoms with Crippen LogP contribution >= 0.6 is 11.6 Å². The van der Waals surface area contributed by atoms with Gasteiger partial charge in [0.15, 0.2) is 12.4 Å². The second-order valence-corrected chi connectivity index (χ2v) is 4.87. The standard InChI is InChI=1S/C16H15ClO2/c1-11-5-3-4-6-14(11)15(18)10-19-16-8-7-13(17)9-12(16)2/h3-9H,10H2,1-2H3. The highest BCUT2D eigenvalue weighted by molar-refractivity contribution is 6.30. The molecule has 0 amide bonds. The van der Waals surface area contributed by atoms with Gasteiger partial charge in [-0.15, -0.1) is 0 Å². The Kier molecular flexibility index (Phi) is 4.23. The van der Waals surface area contributed by atoms with Crippen LogP contribution in [0.25, 0.3) is 0 Å². The molecule has 0 aromatic heterocycles. The third-order valence-electron chi connectivity index (χ3n) is 2.94. The van der Waals surface area contributed by atoms with Gasteiger partial charge in [-0.05, 0) is 43.2 Å². The van der Waals surface area contributed by atoms with Crippen LogP contribution in [0.1, 0.15) is 21.5 Å². The highest BCUT2D eigenvalue weighted by Crippen LogP contribution is 2.22. The minimum Gasteiger partial charge on any atom is -0.485 e. The van der Waals surface area contributed by atoms with Crippen LogP contribution in [0.5, 0.6) is 5.75 Å². The Labute approximate surface area is 118 Å². The van der Waals surface area contributed by atoms with Crippen molar-refractivity contribution in [2.45, 2.75) is 13.8 Å². The van der Waals surface area contributed by atoms with Crippen LogP contribution in [0.4, 0.5) is 0 Å². The number of carbonyl (C=O) groups excluding carboxylic acids is 1. The van der Waals surface area contributed by atoms with Crippen molar-refractivity contribution < 1.29 is 9.53 Å². The number of carbonyl (C=O) groups is 1. The molecule has 2 aromatic carbocycles. The van der Waals surface area contributed by atoms with Crippen LogP contribution in [0.2, 0.25) is 5.02 Å². The molecule has 0 aliphatic rings. The van der Waals surface area contributed by atoms with Gasteiger partial charge in [0, 0.05) is 10.6 Å².